The molecule has 0 radical (unpaired) electrons. The molecule has 1 aliphatic heterocycles. The first-order valence-electron chi connectivity index (χ1n) is 8.23. The van der Waals surface area contributed by atoms with Crippen LogP contribution in [0.4, 0.5) is 17.1 Å². The van der Waals surface area contributed by atoms with Gasteiger partial charge < -0.3 is 15.5 Å². The lowest BCUT2D eigenvalue weighted by Crippen LogP contribution is -2.29. The molecule has 0 atom stereocenters. The molecule has 3 amide bonds. The molecule has 6 nitrogen and oxygen atoms in total. The fourth-order valence-corrected chi connectivity index (χ4v) is 2.99. The number of benzene rings is 2. The van der Waals surface area contributed by atoms with Crippen molar-refractivity contribution in [2.75, 3.05) is 22.1 Å². The summed E-state index contributed by atoms with van der Waals surface area (Å²) in [5.74, 6) is -1.57. The van der Waals surface area contributed by atoms with E-state index in [9.17, 15) is 14.4 Å². The van der Waals surface area contributed by atoms with Gasteiger partial charge in [0.1, 0.15) is 0 Å². The molecule has 1 aliphatic rings. The van der Waals surface area contributed by atoms with Gasteiger partial charge >= 0.3 is 11.8 Å². The maximum Gasteiger partial charge on any atom is 0.314 e. The Hall–Kier alpha value is -2.86. The molecule has 134 valence electrons. The highest BCUT2D eigenvalue weighted by Crippen LogP contribution is 2.28. The van der Waals surface area contributed by atoms with E-state index in [1.807, 2.05) is 13.0 Å². The summed E-state index contributed by atoms with van der Waals surface area (Å²) in [6.07, 6.45) is 1.34. The average Bonchev–Trinajstić information content (AvgIpc) is 3.04. The Bertz CT molecular complexity index is 882. The van der Waals surface area contributed by atoms with Crippen molar-refractivity contribution in [3.05, 3.63) is 53.1 Å². The fourth-order valence-electron chi connectivity index (χ4n) is 2.81. The highest BCUT2D eigenvalue weighted by atomic mass is 35.5. The lowest BCUT2D eigenvalue weighted by Gasteiger charge is -2.19. The van der Waals surface area contributed by atoms with E-state index < -0.39 is 11.8 Å². The van der Waals surface area contributed by atoms with Gasteiger partial charge in [-0.1, -0.05) is 29.8 Å². The molecule has 7 heteroatoms. The normalized spacial score (nSPS) is 13.6. The van der Waals surface area contributed by atoms with Crippen molar-refractivity contribution < 1.29 is 14.4 Å². The van der Waals surface area contributed by atoms with Gasteiger partial charge in [0.15, 0.2) is 0 Å². The van der Waals surface area contributed by atoms with Crippen LogP contribution in [0.1, 0.15) is 18.4 Å². The molecular weight excluding hydrogens is 354 g/mol. The number of nitrogens with zero attached hydrogens (tertiary/aromatic N) is 1. The van der Waals surface area contributed by atoms with Crippen molar-refractivity contribution in [2.24, 2.45) is 0 Å². The number of carbonyl (C=O) groups is 3. The maximum atomic E-state index is 12.2. The summed E-state index contributed by atoms with van der Waals surface area (Å²) in [6, 6.07) is 11.9. The number of hydrogen-bond acceptors (Lipinski definition) is 3. The Morgan fingerprint density at radius 1 is 1.08 bits per heavy atom. The van der Waals surface area contributed by atoms with E-state index in [1.165, 1.54) is 0 Å². The van der Waals surface area contributed by atoms with Crippen LogP contribution in [-0.2, 0) is 14.4 Å². The summed E-state index contributed by atoms with van der Waals surface area (Å²) < 4.78 is 0. The number of rotatable bonds is 3. The Labute approximate surface area is 156 Å². The zero-order valence-corrected chi connectivity index (χ0v) is 15.0. The summed E-state index contributed by atoms with van der Waals surface area (Å²) >= 11 is 5.97. The van der Waals surface area contributed by atoms with Crippen LogP contribution >= 0.6 is 11.6 Å². The van der Waals surface area contributed by atoms with E-state index in [4.69, 9.17) is 11.6 Å². The quantitative estimate of drug-likeness (QED) is 0.812. The third-order valence-electron chi connectivity index (χ3n) is 4.16. The predicted molar refractivity (Wildman–Crippen MR) is 101 cm³/mol. The van der Waals surface area contributed by atoms with E-state index in [0.29, 0.717) is 29.4 Å². The van der Waals surface area contributed by atoms with E-state index in [0.717, 1.165) is 17.7 Å². The fraction of sp³-hybridized carbons (Fsp3) is 0.211. The minimum atomic E-state index is -0.822. The molecule has 0 bridgehead atoms. The molecule has 0 aliphatic carbocycles. The van der Waals surface area contributed by atoms with Gasteiger partial charge in [0.2, 0.25) is 5.91 Å². The lowest BCUT2D eigenvalue weighted by atomic mass is 10.1. The number of aryl methyl sites for hydroxylation is 1. The van der Waals surface area contributed by atoms with Crippen molar-refractivity contribution in [3.63, 3.8) is 0 Å². The van der Waals surface area contributed by atoms with Gasteiger partial charge in [0, 0.05) is 24.3 Å². The standard InChI is InChI=1S/C19H18ClN3O3/c1-12-8-9-13(11-16(12)23-10-4-7-17(23)24)21-18(25)19(26)22-15-6-3-2-5-14(15)20/h2-3,5-6,8-9,11H,4,7,10H2,1H3,(H,21,25)(H,22,26). The van der Waals surface area contributed by atoms with E-state index in [2.05, 4.69) is 10.6 Å². The van der Waals surface area contributed by atoms with E-state index in [-0.39, 0.29) is 5.91 Å². The molecule has 3 rings (SSSR count). The van der Waals surface area contributed by atoms with Crippen LogP contribution in [0.25, 0.3) is 0 Å². The highest BCUT2D eigenvalue weighted by Gasteiger charge is 2.23. The molecule has 1 heterocycles. The van der Waals surface area contributed by atoms with Crippen LogP contribution in [-0.4, -0.2) is 24.3 Å². The number of halogens is 1. The van der Waals surface area contributed by atoms with Crippen LogP contribution in [0, 0.1) is 6.92 Å². The van der Waals surface area contributed by atoms with Crippen LogP contribution in [0.15, 0.2) is 42.5 Å². The number of para-hydroxylation sites is 1. The number of carbonyl (C=O) groups excluding carboxylic acids is 3. The Morgan fingerprint density at radius 2 is 1.81 bits per heavy atom. The van der Waals surface area contributed by atoms with Crippen LogP contribution in [0.3, 0.4) is 0 Å². The van der Waals surface area contributed by atoms with Crippen molar-refractivity contribution in [2.45, 2.75) is 19.8 Å². The summed E-state index contributed by atoms with van der Waals surface area (Å²) in [5.41, 5.74) is 2.49. The third kappa shape index (κ3) is 3.86. The summed E-state index contributed by atoms with van der Waals surface area (Å²) in [6.45, 7) is 2.56. The molecule has 0 unspecified atom stereocenters. The molecule has 0 aromatic heterocycles. The molecule has 1 fully saturated rings. The zero-order valence-electron chi connectivity index (χ0n) is 14.2. The van der Waals surface area contributed by atoms with Gasteiger partial charge in [-0.3, -0.25) is 14.4 Å². The second-order valence-corrected chi connectivity index (χ2v) is 6.45. The van der Waals surface area contributed by atoms with Crippen molar-refractivity contribution >= 4 is 46.4 Å². The SMILES string of the molecule is Cc1ccc(NC(=O)C(=O)Nc2ccccc2Cl)cc1N1CCCC1=O. The molecular formula is C19H18ClN3O3. The van der Waals surface area contributed by atoms with Gasteiger partial charge in [-0.25, -0.2) is 0 Å². The van der Waals surface area contributed by atoms with Gasteiger partial charge in [0.25, 0.3) is 0 Å². The van der Waals surface area contributed by atoms with E-state index in [1.54, 1.807) is 41.3 Å². The summed E-state index contributed by atoms with van der Waals surface area (Å²) in [5, 5.41) is 5.37. The Morgan fingerprint density at radius 3 is 2.50 bits per heavy atom. The molecule has 0 spiro atoms. The molecule has 0 saturated carbocycles. The smallest absolute Gasteiger partial charge is 0.314 e. The van der Waals surface area contributed by atoms with Crippen LogP contribution in [0.2, 0.25) is 5.02 Å². The summed E-state index contributed by atoms with van der Waals surface area (Å²) in [4.78, 5) is 37.9. The second-order valence-electron chi connectivity index (χ2n) is 6.04. The van der Waals surface area contributed by atoms with Crippen molar-refractivity contribution in [3.8, 4) is 0 Å². The van der Waals surface area contributed by atoms with E-state index >= 15 is 0 Å². The van der Waals surface area contributed by atoms with Gasteiger partial charge in [-0.15, -0.1) is 0 Å². The highest BCUT2D eigenvalue weighted by molar-refractivity contribution is 6.44. The first kappa shape index (κ1) is 17.9. The summed E-state index contributed by atoms with van der Waals surface area (Å²) in [7, 11) is 0. The molecule has 2 N–H and O–H groups in total. The molecule has 2 aromatic carbocycles. The molecule has 1 saturated heterocycles. The van der Waals surface area contributed by atoms with Crippen LogP contribution < -0.4 is 15.5 Å². The minimum absolute atomic E-state index is 0.0630. The largest absolute Gasteiger partial charge is 0.318 e. The zero-order chi connectivity index (χ0) is 18.7. The minimum Gasteiger partial charge on any atom is -0.318 e. The number of hydrogen-bond donors (Lipinski definition) is 2. The predicted octanol–water partition coefficient (Wildman–Crippen LogP) is 3.35. The first-order valence-corrected chi connectivity index (χ1v) is 8.61. The van der Waals surface area contributed by atoms with Gasteiger partial charge in [0.05, 0.1) is 10.7 Å². The first-order chi connectivity index (χ1) is 12.5. The van der Waals surface area contributed by atoms with Gasteiger partial charge in [-0.05, 0) is 43.2 Å². The topological polar surface area (TPSA) is 78.5 Å². The Kier molecular flexibility index (Phi) is 5.23. The van der Waals surface area contributed by atoms with Gasteiger partial charge in [-0.2, -0.15) is 0 Å². The lowest BCUT2D eigenvalue weighted by molar-refractivity contribution is -0.132. The number of nitrogens with one attached hydrogen (secondary N) is 2. The number of anilines is 3. The number of amides is 3. The molecule has 2 aromatic rings. The van der Waals surface area contributed by atoms with Crippen LogP contribution in [0.5, 0.6) is 0 Å². The third-order valence-corrected chi connectivity index (χ3v) is 4.49. The average molecular weight is 372 g/mol. The monoisotopic (exact) mass is 371 g/mol. The van der Waals surface area contributed by atoms with Crippen molar-refractivity contribution in [1.82, 2.24) is 0 Å². The Balaban J connectivity index is 1.72. The van der Waals surface area contributed by atoms with Crippen molar-refractivity contribution in [1.29, 1.82) is 0 Å². The second kappa shape index (κ2) is 7.58. The maximum absolute atomic E-state index is 12.2. The molecule has 26 heavy (non-hydrogen) atoms.